The number of benzene rings is 1. The summed E-state index contributed by atoms with van der Waals surface area (Å²) >= 11 is 5.77. The molecule has 3 N–H and O–H groups in total. The van der Waals surface area contributed by atoms with Crippen LogP contribution in [0.5, 0.6) is 5.75 Å². The van der Waals surface area contributed by atoms with Gasteiger partial charge in [0.2, 0.25) is 5.91 Å². The maximum atomic E-state index is 10.9. The third-order valence-corrected chi connectivity index (χ3v) is 2.08. The molecule has 5 heteroatoms. The van der Waals surface area contributed by atoms with E-state index in [4.69, 9.17) is 22.1 Å². The van der Waals surface area contributed by atoms with Gasteiger partial charge < -0.3 is 15.8 Å². The van der Waals surface area contributed by atoms with Crippen molar-refractivity contribution in [1.82, 2.24) is 5.32 Å². The molecule has 0 saturated heterocycles. The minimum absolute atomic E-state index is 0.0735. The fourth-order valence-corrected chi connectivity index (χ4v) is 1.17. The third-order valence-electron chi connectivity index (χ3n) is 1.84. The van der Waals surface area contributed by atoms with Gasteiger partial charge in [-0.25, -0.2) is 0 Å². The molecule has 1 amide bonds. The molecule has 0 atom stereocenters. The van der Waals surface area contributed by atoms with Gasteiger partial charge in [0.05, 0.1) is 18.7 Å². The smallest absolute Gasteiger partial charge is 0.223 e. The van der Waals surface area contributed by atoms with E-state index in [-0.39, 0.29) is 12.5 Å². The van der Waals surface area contributed by atoms with Gasteiger partial charge in [0.15, 0.2) is 0 Å². The summed E-state index contributed by atoms with van der Waals surface area (Å²) in [5, 5.41) is 3.06. The van der Waals surface area contributed by atoms with Crippen LogP contribution < -0.4 is 15.8 Å². The lowest BCUT2D eigenvalue weighted by atomic mass is 10.3. The fraction of sp³-hybridized carbons (Fsp3) is 0.300. The van der Waals surface area contributed by atoms with Crippen LogP contribution in [0.4, 0.5) is 5.69 Å². The number of nitrogens with two attached hydrogens (primary N) is 1. The first-order chi connectivity index (χ1) is 7.13. The number of amides is 1. The highest BCUT2D eigenvalue weighted by Crippen LogP contribution is 2.25. The van der Waals surface area contributed by atoms with Gasteiger partial charge in [-0.3, -0.25) is 4.79 Å². The lowest BCUT2D eigenvalue weighted by Crippen LogP contribution is -2.20. The Hall–Kier alpha value is -1.42. The Morgan fingerprint density at radius 1 is 1.60 bits per heavy atom. The van der Waals surface area contributed by atoms with Crippen molar-refractivity contribution in [2.75, 3.05) is 19.4 Å². The second-order valence-electron chi connectivity index (χ2n) is 2.95. The number of nitrogen functional groups attached to an aromatic ring is 1. The first-order valence-corrected chi connectivity index (χ1v) is 4.89. The molecule has 0 aromatic heterocycles. The molecule has 0 spiro atoms. The Kier molecular flexibility index (Phi) is 4.24. The zero-order chi connectivity index (χ0) is 11.3. The highest BCUT2D eigenvalue weighted by atomic mass is 35.5. The van der Waals surface area contributed by atoms with Gasteiger partial charge in [0.1, 0.15) is 5.75 Å². The van der Waals surface area contributed by atoms with Crippen LogP contribution in [-0.2, 0) is 4.79 Å². The Labute approximate surface area is 93.4 Å². The lowest BCUT2D eigenvalue weighted by Gasteiger charge is -2.08. The summed E-state index contributed by atoms with van der Waals surface area (Å²) in [6.45, 7) is 0.282. The molecule has 0 radical (unpaired) electrons. The van der Waals surface area contributed by atoms with E-state index >= 15 is 0 Å². The topological polar surface area (TPSA) is 64.3 Å². The summed E-state index contributed by atoms with van der Waals surface area (Å²) in [6.07, 6.45) is 0.294. The Bertz CT molecular complexity index is 355. The molecule has 0 aliphatic rings. The van der Waals surface area contributed by atoms with Crippen LogP contribution in [0, 0.1) is 0 Å². The molecule has 0 unspecified atom stereocenters. The van der Waals surface area contributed by atoms with Crippen molar-refractivity contribution in [3.05, 3.63) is 23.2 Å². The van der Waals surface area contributed by atoms with Crippen LogP contribution in [-0.4, -0.2) is 19.6 Å². The minimum Gasteiger partial charge on any atom is -0.491 e. The second kappa shape index (κ2) is 5.46. The van der Waals surface area contributed by atoms with E-state index in [1.165, 1.54) is 0 Å². The van der Waals surface area contributed by atoms with Crippen LogP contribution in [0.1, 0.15) is 6.42 Å². The molecular formula is C10H13ClN2O2. The number of nitrogens with one attached hydrogen (secondary N) is 1. The van der Waals surface area contributed by atoms with Gasteiger partial charge in [0.25, 0.3) is 0 Å². The van der Waals surface area contributed by atoms with Crippen molar-refractivity contribution in [2.45, 2.75) is 6.42 Å². The number of carbonyl (C=O) groups is 1. The normalized spacial score (nSPS) is 9.73. The highest BCUT2D eigenvalue weighted by Gasteiger charge is 2.03. The van der Waals surface area contributed by atoms with E-state index < -0.39 is 0 Å². The third kappa shape index (κ3) is 3.67. The second-order valence-corrected chi connectivity index (χ2v) is 3.39. The Balaban J connectivity index is 2.50. The van der Waals surface area contributed by atoms with Crippen LogP contribution in [0.25, 0.3) is 0 Å². The van der Waals surface area contributed by atoms with Crippen molar-refractivity contribution in [3.8, 4) is 5.75 Å². The molecule has 15 heavy (non-hydrogen) atoms. The molecular weight excluding hydrogens is 216 g/mol. The van der Waals surface area contributed by atoms with Gasteiger partial charge in [-0.1, -0.05) is 11.6 Å². The van der Waals surface area contributed by atoms with Crippen LogP contribution in [0.15, 0.2) is 18.2 Å². The van der Waals surface area contributed by atoms with Crippen molar-refractivity contribution in [2.24, 2.45) is 0 Å². The van der Waals surface area contributed by atoms with E-state index in [1.54, 1.807) is 25.2 Å². The maximum absolute atomic E-state index is 10.9. The predicted octanol–water partition coefficient (Wildman–Crippen LogP) is 1.44. The number of rotatable bonds is 4. The average molecular weight is 229 g/mol. The van der Waals surface area contributed by atoms with E-state index in [0.29, 0.717) is 22.9 Å². The van der Waals surface area contributed by atoms with Crippen molar-refractivity contribution >= 4 is 23.2 Å². The standard InChI is InChI=1S/C10H13ClN2O2/c1-13-10(14)4-5-15-9-6-7(11)2-3-8(9)12/h2-3,6H,4-5,12H2,1H3,(H,13,14). The molecule has 0 bridgehead atoms. The van der Waals surface area contributed by atoms with E-state index in [0.717, 1.165) is 0 Å². The van der Waals surface area contributed by atoms with Crippen molar-refractivity contribution < 1.29 is 9.53 Å². The summed E-state index contributed by atoms with van der Waals surface area (Å²) in [5.41, 5.74) is 6.17. The summed E-state index contributed by atoms with van der Waals surface area (Å²) in [5.74, 6) is 0.432. The van der Waals surface area contributed by atoms with Crippen molar-refractivity contribution in [1.29, 1.82) is 0 Å². The Morgan fingerprint density at radius 3 is 3.00 bits per heavy atom. The number of hydrogen-bond acceptors (Lipinski definition) is 3. The summed E-state index contributed by atoms with van der Waals surface area (Å²) < 4.78 is 5.32. The molecule has 0 fully saturated rings. The number of anilines is 1. The molecule has 82 valence electrons. The van der Waals surface area contributed by atoms with Crippen LogP contribution >= 0.6 is 11.6 Å². The van der Waals surface area contributed by atoms with Gasteiger partial charge in [-0.15, -0.1) is 0 Å². The monoisotopic (exact) mass is 228 g/mol. The fourth-order valence-electron chi connectivity index (χ4n) is 1.01. The van der Waals surface area contributed by atoms with E-state index in [1.807, 2.05) is 0 Å². The zero-order valence-corrected chi connectivity index (χ0v) is 9.17. The number of halogens is 1. The van der Waals surface area contributed by atoms with Gasteiger partial charge in [-0.2, -0.15) is 0 Å². The quantitative estimate of drug-likeness (QED) is 0.767. The van der Waals surface area contributed by atoms with Crippen molar-refractivity contribution in [3.63, 3.8) is 0 Å². The molecule has 1 aromatic carbocycles. The van der Waals surface area contributed by atoms with Gasteiger partial charge >= 0.3 is 0 Å². The lowest BCUT2D eigenvalue weighted by molar-refractivity contribution is -0.121. The SMILES string of the molecule is CNC(=O)CCOc1cc(Cl)ccc1N. The molecule has 1 aromatic rings. The summed E-state index contributed by atoms with van der Waals surface area (Å²) in [6, 6.07) is 4.97. The first-order valence-electron chi connectivity index (χ1n) is 4.52. The highest BCUT2D eigenvalue weighted by molar-refractivity contribution is 6.30. The molecule has 4 nitrogen and oxygen atoms in total. The maximum Gasteiger partial charge on any atom is 0.223 e. The molecule has 0 aliphatic heterocycles. The van der Waals surface area contributed by atoms with E-state index in [9.17, 15) is 4.79 Å². The average Bonchev–Trinajstić information content (AvgIpc) is 2.23. The molecule has 0 heterocycles. The summed E-state index contributed by atoms with van der Waals surface area (Å²) in [4.78, 5) is 10.9. The van der Waals surface area contributed by atoms with Crippen LogP contribution in [0.2, 0.25) is 5.02 Å². The molecule has 0 aliphatic carbocycles. The van der Waals surface area contributed by atoms with Gasteiger partial charge in [0, 0.05) is 18.1 Å². The number of hydrogen-bond donors (Lipinski definition) is 2. The molecule has 0 saturated carbocycles. The molecule has 1 rings (SSSR count). The summed E-state index contributed by atoms with van der Waals surface area (Å²) in [7, 11) is 1.58. The number of ether oxygens (including phenoxy) is 1. The first kappa shape index (κ1) is 11.7. The predicted molar refractivity (Wildman–Crippen MR) is 60.0 cm³/mol. The minimum atomic E-state index is -0.0735. The Morgan fingerprint density at radius 2 is 2.33 bits per heavy atom. The van der Waals surface area contributed by atoms with E-state index in [2.05, 4.69) is 5.32 Å². The largest absolute Gasteiger partial charge is 0.491 e. The number of carbonyl (C=O) groups excluding carboxylic acids is 1. The zero-order valence-electron chi connectivity index (χ0n) is 8.42. The van der Waals surface area contributed by atoms with Crippen LogP contribution in [0.3, 0.4) is 0 Å². The van der Waals surface area contributed by atoms with Gasteiger partial charge in [-0.05, 0) is 12.1 Å².